The van der Waals surface area contributed by atoms with Crippen LogP contribution in [0.2, 0.25) is 0 Å². The van der Waals surface area contributed by atoms with Crippen molar-refractivity contribution in [2.24, 2.45) is 0 Å². The van der Waals surface area contributed by atoms with Crippen LogP contribution < -0.4 is 0 Å². The fourth-order valence-corrected chi connectivity index (χ4v) is 2.24. The average molecular weight is 277 g/mol. The monoisotopic (exact) mass is 277 g/mol. The largest absolute Gasteiger partial charge is 0.481 e. The van der Waals surface area contributed by atoms with Crippen LogP contribution in [0, 0.1) is 0 Å². The highest BCUT2D eigenvalue weighted by molar-refractivity contribution is 5.78. The van der Waals surface area contributed by atoms with Gasteiger partial charge in [-0.3, -0.25) is 19.5 Å². The number of nitrogens with zero attached hydrogens (tertiary/aromatic N) is 3. The minimum atomic E-state index is -0.779. The van der Waals surface area contributed by atoms with Crippen molar-refractivity contribution in [3.63, 3.8) is 0 Å². The SMILES string of the molecule is O=C(O)CCN1CCN(C(=O)Cc2ccccn2)CC1. The van der Waals surface area contributed by atoms with Crippen LogP contribution in [0.15, 0.2) is 24.4 Å². The Morgan fingerprint density at radius 2 is 1.95 bits per heavy atom. The molecular formula is C14H19N3O3. The maximum absolute atomic E-state index is 12.1. The highest BCUT2D eigenvalue weighted by atomic mass is 16.4. The quantitative estimate of drug-likeness (QED) is 0.834. The van der Waals surface area contributed by atoms with Gasteiger partial charge in [-0.1, -0.05) is 6.07 Å². The lowest BCUT2D eigenvalue weighted by Gasteiger charge is -2.34. The van der Waals surface area contributed by atoms with Gasteiger partial charge < -0.3 is 10.0 Å². The minimum Gasteiger partial charge on any atom is -0.481 e. The second kappa shape index (κ2) is 7.00. The zero-order chi connectivity index (χ0) is 14.4. The minimum absolute atomic E-state index is 0.0848. The number of piperazine rings is 1. The summed E-state index contributed by atoms with van der Waals surface area (Å²) in [5.41, 5.74) is 0.783. The van der Waals surface area contributed by atoms with Crippen molar-refractivity contribution in [1.29, 1.82) is 0 Å². The topological polar surface area (TPSA) is 73.7 Å². The first-order chi connectivity index (χ1) is 9.65. The van der Waals surface area contributed by atoms with E-state index >= 15 is 0 Å². The summed E-state index contributed by atoms with van der Waals surface area (Å²) in [4.78, 5) is 30.7. The average Bonchev–Trinajstić information content (AvgIpc) is 2.46. The number of carbonyl (C=O) groups excluding carboxylic acids is 1. The van der Waals surface area contributed by atoms with Gasteiger partial charge in [0, 0.05) is 44.6 Å². The summed E-state index contributed by atoms with van der Waals surface area (Å²) in [7, 11) is 0. The molecule has 6 nitrogen and oxygen atoms in total. The molecule has 0 unspecified atom stereocenters. The van der Waals surface area contributed by atoms with E-state index < -0.39 is 5.97 Å². The number of rotatable bonds is 5. The van der Waals surface area contributed by atoms with Gasteiger partial charge >= 0.3 is 5.97 Å². The molecule has 1 amide bonds. The van der Waals surface area contributed by atoms with E-state index in [2.05, 4.69) is 9.88 Å². The van der Waals surface area contributed by atoms with E-state index in [1.54, 1.807) is 6.20 Å². The Kier molecular flexibility index (Phi) is 5.06. The molecule has 1 aliphatic rings. The molecule has 0 spiro atoms. The third-order valence-corrected chi connectivity index (χ3v) is 3.43. The molecule has 1 aromatic heterocycles. The second-order valence-corrected chi connectivity index (χ2v) is 4.86. The number of pyridine rings is 1. The van der Waals surface area contributed by atoms with Gasteiger partial charge in [0.25, 0.3) is 0 Å². The van der Waals surface area contributed by atoms with Gasteiger partial charge in [0.2, 0.25) is 5.91 Å². The highest BCUT2D eigenvalue weighted by Crippen LogP contribution is 2.06. The molecule has 0 atom stereocenters. The third kappa shape index (κ3) is 4.31. The normalized spacial score (nSPS) is 16.1. The fraction of sp³-hybridized carbons (Fsp3) is 0.500. The van der Waals surface area contributed by atoms with Crippen molar-refractivity contribution >= 4 is 11.9 Å². The van der Waals surface area contributed by atoms with Gasteiger partial charge in [-0.2, -0.15) is 0 Å². The Labute approximate surface area is 118 Å². The summed E-state index contributed by atoms with van der Waals surface area (Å²) < 4.78 is 0. The molecule has 0 bridgehead atoms. The Hall–Kier alpha value is -1.95. The zero-order valence-electron chi connectivity index (χ0n) is 11.4. The first-order valence-corrected chi connectivity index (χ1v) is 6.77. The maximum atomic E-state index is 12.1. The van der Waals surface area contributed by atoms with Crippen LogP contribution >= 0.6 is 0 Å². The zero-order valence-corrected chi connectivity index (χ0v) is 11.4. The predicted molar refractivity (Wildman–Crippen MR) is 73.2 cm³/mol. The smallest absolute Gasteiger partial charge is 0.304 e. The number of amides is 1. The Bertz CT molecular complexity index is 456. The van der Waals surface area contributed by atoms with Crippen molar-refractivity contribution in [3.05, 3.63) is 30.1 Å². The van der Waals surface area contributed by atoms with Gasteiger partial charge in [-0.05, 0) is 12.1 Å². The molecule has 0 aromatic carbocycles. The molecule has 0 saturated carbocycles. The standard InChI is InChI=1S/C14H19N3O3/c18-13(11-12-3-1-2-5-15-12)17-9-7-16(8-10-17)6-4-14(19)20/h1-3,5H,4,6-11H2,(H,19,20). The van der Waals surface area contributed by atoms with Crippen molar-refractivity contribution < 1.29 is 14.7 Å². The molecule has 1 aromatic rings. The number of carboxylic acids is 1. The number of hydrogen-bond donors (Lipinski definition) is 1. The van der Waals surface area contributed by atoms with Crippen LogP contribution in [-0.2, 0) is 16.0 Å². The van der Waals surface area contributed by atoms with Crippen LogP contribution in [0.25, 0.3) is 0 Å². The molecule has 20 heavy (non-hydrogen) atoms. The molecule has 1 saturated heterocycles. The summed E-state index contributed by atoms with van der Waals surface area (Å²) in [6.45, 7) is 3.34. The van der Waals surface area contributed by atoms with Crippen molar-refractivity contribution in [2.75, 3.05) is 32.7 Å². The van der Waals surface area contributed by atoms with Crippen molar-refractivity contribution in [3.8, 4) is 0 Å². The van der Waals surface area contributed by atoms with E-state index in [1.807, 2.05) is 23.1 Å². The summed E-state index contributed by atoms with van der Waals surface area (Å²) in [6.07, 6.45) is 2.17. The molecule has 1 aliphatic heterocycles. The third-order valence-electron chi connectivity index (χ3n) is 3.43. The van der Waals surface area contributed by atoms with Crippen molar-refractivity contribution in [2.45, 2.75) is 12.8 Å². The molecule has 0 aliphatic carbocycles. The second-order valence-electron chi connectivity index (χ2n) is 4.86. The first-order valence-electron chi connectivity index (χ1n) is 6.77. The summed E-state index contributed by atoms with van der Waals surface area (Å²) in [6, 6.07) is 5.55. The van der Waals surface area contributed by atoms with E-state index in [-0.39, 0.29) is 12.3 Å². The van der Waals surface area contributed by atoms with Crippen LogP contribution in [0.5, 0.6) is 0 Å². The lowest BCUT2D eigenvalue weighted by molar-refractivity contribution is -0.138. The van der Waals surface area contributed by atoms with Gasteiger partial charge in [-0.15, -0.1) is 0 Å². The molecule has 0 radical (unpaired) electrons. The lowest BCUT2D eigenvalue weighted by Crippen LogP contribution is -2.49. The highest BCUT2D eigenvalue weighted by Gasteiger charge is 2.21. The van der Waals surface area contributed by atoms with Gasteiger partial charge in [0.05, 0.1) is 12.8 Å². The van der Waals surface area contributed by atoms with E-state index in [9.17, 15) is 9.59 Å². The van der Waals surface area contributed by atoms with E-state index in [0.717, 1.165) is 18.8 Å². The maximum Gasteiger partial charge on any atom is 0.304 e. The van der Waals surface area contributed by atoms with Crippen LogP contribution in [0.3, 0.4) is 0 Å². The molecule has 1 N–H and O–H groups in total. The molecular weight excluding hydrogens is 258 g/mol. The number of aliphatic carboxylic acids is 1. The Morgan fingerprint density at radius 1 is 1.20 bits per heavy atom. The summed E-state index contributed by atoms with van der Waals surface area (Å²) >= 11 is 0. The van der Waals surface area contributed by atoms with Gasteiger partial charge in [-0.25, -0.2) is 0 Å². The summed E-state index contributed by atoms with van der Waals surface area (Å²) in [5.74, 6) is -0.694. The predicted octanol–water partition coefficient (Wildman–Crippen LogP) is 0.243. The number of hydrogen-bond acceptors (Lipinski definition) is 4. The van der Waals surface area contributed by atoms with Crippen molar-refractivity contribution in [1.82, 2.24) is 14.8 Å². The molecule has 1 fully saturated rings. The Morgan fingerprint density at radius 3 is 2.55 bits per heavy atom. The number of carbonyl (C=O) groups is 2. The van der Waals surface area contributed by atoms with E-state index in [4.69, 9.17) is 5.11 Å². The summed E-state index contributed by atoms with van der Waals surface area (Å²) in [5, 5.41) is 8.65. The number of aromatic nitrogens is 1. The fourth-order valence-electron chi connectivity index (χ4n) is 2.24. The van der Waals surface area contributed by atoms with Gasteiger partial charge in [0.1, 0.15) is 0 Å². The van der Waals surface area contributed by atoms with E-state index in [0.29, 0.717) is 26.1 Å². The van der Waals surface area contributed by atoms with Crippen LogP contribution in [0.1, 0.15) is 12.1 Å². The Balaban J connectivity index is 1.76. The van der Waals surface area contributed by atoms with Gasteiger partial charge in [0.15, 0.2) is 0 Å². The molecule has 2 heterocycles. The first kappa shape index (κ1) is 14.5. The molecule has 6 heteroatoms. The van der Waals surface area contributed by atoms with Crippen LogP contribution in [0.4, 0.5) is 0 Å². The lowest BCUT2D eigenvalue weighted by atomic mass is 10.2. The number of carboxylic acid groups (broad SMARTS) is 1. The van der Waals surface area contributed by atoms with E-state index in [1.165, 1.54) is 0 Å². The molecule has 108 valence electrons. The van der Waals surface area contributed by atoms with Crippen LogP contribution in [-0.4, -0.2) is 64.5 Å². The molecule has 2 rings (SSSR count).